The first kappa shape index (κ1) is 26.5. The summed E-state index contributed by atoms with van der Waals surface area (Å²) in [6.45, 7) is 4.08. The van der Waals surface area contributed by atoms with Crippen LogP contribution in [0.25, 0.3) is 0 Å². The van der Waals surface area contributed by atoms with Crippen LogP contribution in [0.5, 0.6) is 5.75 Å². The Morgan fingerprint density at radius 3 is 2.44 bits per heavy atom. The van der Waals surface area contributed by atoms with Crippen molar-refractivity contribution in [2.24, 2.45) is 0 Å². The van der Waals surface area contributed by atoms with E-state index in [4.69, 9.17) is 9.47 Å². The number of hydrogen-bond donors (Lipinski definition) is 2. The number of benzene rings is 3. The molecule has 2 saturated heterocycles. The average Bonchev–Trinajstić information content (AvgIpc) is 3.50. The van der Waals surface area contributed by atoms with Gasteiger partial charge in [0.1, 0.15) is 11.6 Å². The van der Waals surface area contributed by atoms with Crippen molar-refractivity contribution in [1.29, 1.82) is 0 Å². The molecule has 2 heterocycles. The fourth-order valence-electron chi connectivity index (χ4n) is 5.09. The third-order valence-electron chi connectivity index (χ3n) is 7.15. The minimum absolute atomic E-state index is 0.0117. The molecule has 0 saturated carbocycles. The predicted molar refractivity (Wildman–Crippen MR) is 150 cm³/mol. The first-order valence-corrected chi connectivity index (χ1v) is 13.3. The smallest absolute Gasteiger partial charge is 0.255 e. The van der Waals surface area contributed by atoms with Gasteiger partial charge >= 0.3 is 0 Å². The number of para-hydroxylation sites is 2. The standard InChI is InChI=1S/C30H33FN4O4/c1-38-28-10-3-2-9-27(28)35-15-13-34(14-16-35)26-12-11-23(33-29(36)21-6-4-7-22(31)18-21)19-25(26)30(37)32-20-24-8-5-17-39-24/h2-4,6-7,9-12,18-19,24H,5,8,13-17,20H2,1H3,(H,32,37)(H,33,36). The van der Waals surface area contributed by atoms with Gasteiger partial charge in [-0.25, -0.2) is 4.39 Å². The van der Waals surface area contributed by atoms with Gasteiger partial charge in [0.2, 0.25) is 0 Å². The second-order valence-electron chi connectivity index (χ2n) is 9.69. The Morgan fingerprint density at radius 2 is 1.72 bits per heavy atom. The third kappa shape index (κ3) is 6.31. The lowest BCUT2D eigenvalue weighted by Gasteiger charge is -2.38. The van der Waals surface area contributed by atoms with Crippen LogP contribution in [-0.2, 0) is 4.74 Å². The number of piperazine rings is 1. The highest BCUT2D eigenvalue weighted by atomic mass is 19.1. The fraction of sp³-hybridized carbons (Fsp3) is 0.333. The quantitative estimate of drug-likeness (QED) is 0.450. The molecule has 204 valence electrons. The van der Waals surface area contributed by atoms with Crippen LogP contribution >= 0.6 is 0 Å². The monoisotopic (exact) mass is 532 g/mol. The van der Waals surface area contributed by atoms with E-state index in [-0.39, 0.29) is 17.6 Å². The van der Waals surface area contributed by atoms with E-state index in [2.05, 4.69) is 26.5 Å². The topological polar surface area (TPSA) is 83.1 Å². The van der Waals surface area contributed by atoms with Gasteiger partial charge in [0.25, 0.3) is 11.8 Å². The summed E-state index contributed by atoms with van der Waals surface area (Å²) < 4.78 is 24.8. The highest BCUT2D eigenvalue weighted by Crippen LogP contribution is 2.31. The lowest BCUT2D eigenvalue weighted by molar-refractivity contribution is 0.0858. The summed E-state index contributed by atoms with van der Waals surface area (Å²) >= 11 is 0. The molecule has 0 bridgehead atoms. The van der Waals surface area contributed by atoms with Gasteiger partial charge < -0.3 is 29.9 Å². The van der Waals surface area contributed by atoms with Gasteiger partial charge in [-0.2, -0.15) is 0 Å². The highest BCUT2D eigenvalue weighted by molar-refractivity contribution is 6.06. The molecular formula is C30H33FN4O4. The molecule has 2 fully saturated rings. The summed E-state index contributed by atoms with van der Waals surface area (Å²) in [4.78, 5) is 30.6. The SMILES string of the molecule is COc1ccccc1N1CCN(c2ccc(NC(=O)c3cccc(F)c3)cc2C(=O)NCC2CCCO2)CC1. The van der Waals surface area contributed by atoms with Gasteiger partial charge in [-0.3, -0.25) is 9.59 Å². The number of ether oxygens (including phenoxy) is 2. The number of nitrogens with zero attached hydrogens (tertiary/aromatic N) is 2. The Labute approximate surface area is 227 Å². The molecule has 0 aliphatic carbocycles. The first-order valence-electron chi connectivity index (χ1n) is 13.3. The van der Waals surface area contributed by atoms with Crippen molar-refractivity contribution >= 4 is 28.9 Å². The number of carbonyl (C=O) groups excluding carboxylic acids is 2. The second-order valence-corrected chi connectivity index (χ2v) is 9.69. The molecule has 9 heteroatoms. The molecular weight excluding hydrogens is 499 g/mol. The van der Waals surface area contributed by atoms with Crippen molar-refractivity contribution in [3.05, 3.63) is 83.7 Å². The second kappa shape index (κ2) is 12.2. The van der Waals surface area contributed by atoms with E-state index in [1.54, 1.807) is 25.3 Å². The van der Waals surface area contributed by atoms with Crippen LogP contribution in [-0.4, -0.2) is 64.4 Å². The van der Waals surface area contributed by atoms with E-state index in [1.165, 1.54) is 18.2 Å². The molecule has 0 aromatic heterocycles. The van der Waals surface area contributed by atoms with E-state index >= 15 is 0 Å². The Kier molecular flexibility index (Phi) is 8.27. The maximum absolute atomic E-state index is 13.6. The maximum atomic E-state index is 13.6. The molecule has 3 aromatic carbocycles. The molecule has 0 spiro atoms. The van der Waals surface area contributed by atoms with Gasteiger partial charge in [-0.05, 0) is 61.4 Å². The molecule has 2 aliphatic rings. The van der Waals surface area contributed by atoms with Crippen molar-refractivity contribution in [2.45, 2.75) is 18.9 Å². The van der Waals surface area contributed by atoms with Gasteiger partial charge in [0.15, 0.2) is 0 Å². The number of nitrogens with one attached hydrogen (secondary N) is 2. The van der Waals surface area contributed by atoms with E-state index < -0.39 is 11.7 Å². The number of carbonyl (C=O) groups is 2. The van der Waals surface area contributed by atoms with Gasteiger partial charge in [-0.1, -0.05) is 18.2 Å². The zero-order valence-corrected chi connectivity index (χ0v) is 22.0. The molecule has 1 unspecified atom stereocenters. The van der Waals surface area contributed by atoms with E-state index in [0.717, 1.165) is 43.1 Å². The Hall–Kier alpha value is -4.11. The molecule has 8 nitrogen and oxygen atoms in total. The van der Waals surface area contributed by atoms with Gasteiger partial charge in [0, 0.05) is 56.3 Å². The lowest BCUT2D eigenvalue weighted by Crippen LogP contribution is -2.47. The number of anilines is 3. The van der Waals surface area contributed by atoms with Crippen LogP contribution < -0.4 is 25.2 Å². The zero-order chi connectivity index (χ0) is 27.2. The van der Waals surface area contributed by atoms with Crippen molar-refractivity contribution in [1.82, 2.24) is 5.32 Å². The summed E-state index contributed by atoms with van der Waals surface area (Å²) in [5, 5.41) is 5.81. The summed E-state index contributed by atoms with van der Waals surface area (Å²) in [5.41, 5.74) is 2.97. The first-order chi connectivity index (χ1) is 19.0. The number of amides is 2. The van der Waals surface area contributed by atoms with Crippen molar-refractivity contribution in [2.75, 3.05) is 61.6 Å². The Balaban J connectivity index is 1.34. The normalized spacial score (nSPS) is 17.1. The van der Waals surface area contributed by atoms with E-state index in [9.17, 15) is 14.0 Å². The zero-order valence-electron chi connectivity index (χ0n) is 22.0. The number of halogens is 1. The molecule has 5 rings (SSSR count). The van der Waals surface area contributed by atoms with Crippen molar-refractivity contribution < 1.29 is 23.5 Å². The Bertz CT molecular complexity index is 1320. The molecule has 39 heavy (non-hydrogen) atoms. The van der Waals surface area contributed by atoms with Gasteiger partial charge in [-0.15, -0.1) is 0 Å². The van der Waals surface area contributed by atoms with Crippen LogP contribution in [0.3, 0.4) is 0 Å². The molecule has 0 radical (unpaired) electrons. The predicted octanol–water partition coefficient (Wildman–Crippen LogP) is 4.32. The summed E-state index contributed by atoms with van der Waals surface area (Å²) in [5.74, 6) is -0.328. The van der Waals surface area contributed by atoms with E-state index in [0.29, 0.717) is 37.5 Å². The van der Waals surface area contributed by atoms with Crippen LogP contribution in [0.1, 0.15) is 33.6 Å². The number of hydrogen-bond acceptors (Lipinski definition) is 6. The molecule has 1 atom stereocenters. The summed E-state index contributed by atoms with van der Waals surface area (Å²) in [7, 11) is 1.67. The van der Waals surface area contributed by atoms with Crippen LogP contribution in [0.2, 0.25) is 0 Å². The minimum Gasteiger partial charge on any atom is -0.495 e. The minimum atomic E-state index is -0.487. The largest absolute Gasteiger partial charge is 0.495 e. The van der Waals surface area contributed by atoms with Gasteiger partial charge in [0.05, 0.1) is 24.5 Å². The van der Waals surface area contributed by atoms with Crippen molar-refractivity contribution in [3.8, 4) is 5.75 Å². The number of rotatable bonds is 8. The fourth-order valence-corrected chi connectivity index (χ4v) is 5.09. The van der Waals surface area contributed by atoms with Crippen LogP contribution in [0.4, 0.5) is 21.5 Å². The third-order valence-corrected chi connectivity index (χ3v) is 7.15. The molecule has 2 N–H and O–H groups in total. The average molecular weight is 533 g/mol. The lowest BCUT2D eigenvalue weighted by atomic mass is 10.1. The summed E-state index contributed by atoms with van der Waals surface area (Å²) in [6.07, 6.45) is 1.92. The number of methoxy groups -OCH3 is 1. The summed E-state index contributed by atoms with van der Waals surface area (Å²) in [6, 6.07) is 18.8. The maximum Gasteiger partial charge on any atom is 0.255 e. The van der Waals surface area contributed by atoms with Crippen LogP contribution in [0, 0.1) is 5.82 Å². The van der Waals surface area contributed by atoms with E-state index in [1.807, 2.05) is 24.3 Å². The molecule has 2 amide bonds. The highest BCUT2D eigenvalue weighted by Gasteiger charge is 2.25. The Morgan fingerprint density at radius 1 is 0.949 bits per heavy atom. The van der Waals surface area contributed by atoms with Crippen LogP contribution in [0.15, 0.2) is 66.7 Å². The van der Waals surface area contributed by atoms with Crippen molar-refractivity contribution in [3.63, 3.8) is 0 Å². The molecule has 3 aromatic rings. The molecule has 2 aliphatic heterocycles.